The third-order valence-electron chi connectivity index (χ3n) is 2.22. The highest BCUT2D eigenvalue weighted by Gasteiger charge is 2.19. The molecule has 0 aliphatic rings. The summed E-state index contributed by atoms with van der Waals surface area (Å²) < 4.78 is 5.49. The van der Waals surface area contributed by atoms with E-state index in [1.165, 1.54) is 0 Å². The van der Waals surface area contributed by atoms with E-state index in [1.807, 2.05) is 20.8 Å². The molecule has 0 aliphatic carbocycles. The zero-order valence-corrected chi connectivity index (χ0v) is 11.2. The Bertz CT molecular complexity index is 270. The van der Waals surface area contributed by atoms with Gasteiger partial charge in [-0.2, -0.15) is 0 Å². The second kappa shape index (κ2) is 6.59. The van der Waals surface area contributed by atoms with Gasteiger partial charge in [0, 0.05) is 6.54 Å². The number of hydrogen-bond donors (Lipinski definition) is 2. The van der Waals surface area contributed by atoms with Crippen LogP contribution >= 0.6 is 0 Å². The largest absolute Gasteiger partial charge is 0.481 e. The van der Waals surface area contributed by atoms with Crippen LogP contribution in [0, 0.1) is 11.8 Å². The molecule has 0 saturated heterocycles. The van der Waals surface area contributed by atoms with Gasteiger partial charge in [0.15, 0.2) is 0 Å². The van der Waals surface area contributed by atoms with Crippen molar-refractivity contribution in [1.29, 1.82) is 0 Å². The smallest absolute Gasteiger partial charge is 0.308 e. The van der Waals surface area contributed by atoms with Gasteiger partial charge in [-0.15, -0.1) is 0 Å². The minimum absolute atomic E-state index is 0.147. The van der Waals surface area contributed by atoms with Crippen LogP contribution in [0.1, 0.15) is 34.6 Å². The average molecular weight is 245 g/mol. The van der Waals surface area contributed by atoms with Crippen molar-refractivity contribution in [3.05, 3.63) is 0 Å². The summed E-state index contributed by atoms with van der Waals surface area (Å²) in [6, 6.07) is 0. The summed E-state index contributed by atoms with van der Waals surface area (Å²) in [5.41, 5.74) is -0.275. The van der Waals surface area contributed by atoms with Gasteiger partial charge < -0.3 is 15.2 Å². The van der Waals surface area contributed by atoms with Crippen LogP contribution in [-0.4, -0.2) is 35.7 Å². The van der Waals surface area contributed by atoms with Crippen molar-refractivity contribution in [2.24, 2.45) is 11.8 Å². The van der Waals surface area contributed by atoms with Crippen LogP contribution in [0.4, 0.5) is 0 Å². The molecule has 0 aromatic heterocycles. The van der Waals surface area contributed by atoms with Gasteiger partial charge in [-0.1, -0.05) is 13.8 Å². The molecule has 0 aliphatic heterocycles. The van der Waals surface area contributed by atoms with E-state index < -0.39 is 11.9 Å². The number of amides is 1. The molecule has 0 heterocycles. The Balaban J connectivity index is 3.94. The fraction of sp³-hybridized carbons (Fsp3) is 0.833. The second-order valence-corrected chi connectivity index (χ2v) is 5.31. The molecule has 1 amide bonds. The van der Waals surface area contributed by atoms with Gasteiger partial charge in [0.1, 0.15) is 0 Å². The SMILES string of the molecule is C[C@@H](CNC(=O)[C@@H](C)COC(C)(C)C)C(=O)O. The maximum absolute atomic E-state index is 11.6. The summed E-state index contributed by atoms with van der Waals surface area (Å²) >= 11 is 0. The van der Waals surface area contributed by atoms with E-state index in [4.69, 9.17) is 9.84 Å². The lowest BCUT2D eigenvalue weighted by Crippen LogP contribution is -2.37. The molecule has 100 valence electrons. The molecule has 17 heavy (non-hydrogen) atoms. The summed E-state index contributed by atoms with van der Waals surface area (Å²) in [5.74, 6) is -1.95. The molecule has 5 heteroatoms. The fourth-order valence-corrected chi connectivity index (χ4v) is 0.966. The number of nitrogens with one attached hydrogen (secondary N) is 1. The van der Waals surface area contributed by atoms with Crippen LogP contribution in [0.3, 0.4) is 0 Å². The molecule has 0 radical (unpaired) electrons. The van der Waals surface area contributed by atoms with E-state index in [0.29, 0.717) is 6.61 Å². The summed E-state index contributed by atoms with van der Waals surface area (Å²) in [7, 11) is 0. The van der Waals surface area contributed by atoms with Gasteiger partial charge in [-0.25, -0.2) is 0 Å². The van der Waals surface area contributed by atoms with E-state index in [9.17, 15) is 9.59 Å². The normalized spacial score (nSPS) is 15.1. The van der Waals surface area contributed by atoms with E-state index in [-0.39, 0.29) is 24.0 Å². The van der Waals surface area contributed by atoms with Crippen LogP contribution in [0.5, 0.6) is 0 Å². The van der Waals surface area contributed by atoms with Crippen LogP contribution in [-0.2, 0) is 14.3 Å². The number of carboxylic acids is 1. The minimum atomic E-state index is -0.913. The third kappa shape index (κ3) is 7.74. The Morgan fingerprint density at radius 1 is 1.24 bits per heavy atom. The molecule has 2 atom stereocenters. The zero-order valence-electron chi connectivity index (χ0n) is 11.2. The maximum Gasteiger partial charge on any atom is 0.308 e. The minimum Gasteiger partial charge on any atom is -0.481 e. The molecule has 0 saturated carbocycles. The Labute approximate surface area is 103 Å². The molecule has 0 aromatic carbocycles. The first-order valence-electron chi connectivity index (χ1n) is 5.78. The molecule has 0 fully saturated rings. The van der Waals surface area contributed by atoms with Crippen molar-refractivity contribution < 1.29 is 19.4 Å². The highest BCUT2D eigenvalue weighted by molar-refractivity contribution is 5.79. The Morgan fingerprint density at radius 3 is 2.18 bits per heavy atom. The maximum atomic E-state index is 11.6. The summed E-state index contributed by atoms with van der Waals surface area (Å²) in [6.07, 6.45) is 0. The Hall–Kier alpha value is -1.10. The highest BCUT2D eigenvalue weighted by Crippen LogP contribution is 2.09. The van der Waals surface area contributed by atoms with Gasteiger partial charge >= 0.3 is 5.97 Å². The van der Waals surface area contributed by atoms with Crippen LogP contribution in [0.25, 0.3) is 0 Å². The molecule has 5 nitrogen and oxygen atoms in total. The molecule has 0 unspecified atom stereocenters. The van der Waals surface area contributed by atoms with Crippen molar-refractivity contribution >= 4 is 11.9 Å². The third-order valence-corrected chi connectivity index (χ3v) is 2.22. The van der Waals surface area contributed by atoms with Crippen molar-refractivity contribution in [2.45, 2.75) is 40.2 Å². The number of carbonyl (C=O) groups is 2. The number of carbonyl (C=O) groups excluding carboxylic acids is 1. The van der Waals surface area contributed by atoms with Gasteiger partial charge in [-0.3, -0.25) is 9.59 Å². The van der Waals surface area contributed by atoms with Crippen LogP contribution < -0.4 is 5.32 Å². The second-order valence-electron chi connectivity index (χ2n) is 5.31. The average Bonchev–Trinajstić information content (AvgIpc) is 2.20. The lowest BCUT2D eigenvalue weighted by Gasteiger charge is -2.22. The molecular weight excluding hydrogens is 222 g/mol. The lowest BCUT2D eigenvalue weighted by atomic mass is 10.1. The summed E-state index contributed by atoms with van der Waals surface area (Å²) in [4.78, 5) is 22.2. The predicted octanol–water partition coefficient (Wildman–Crippen LogP) is 1.27. The summed E-state index contributed by atoms with van der Waals surface area (Å²) in [6.45, 7) is 9.55. The van der Waals surface area contributed by atoms with Crippen molar-refractivity contribution in [3.8, 4) is 0 Å². The first-order chi connectivity index (χ1) is 7.63. The number of ether oxygens (including phenoxy) is 1. The number of aliphatic carboxylic acids is 1. The van der Waals surface area contributed by atoms with E-state index in [0.717, 1.165) is 0 Å². The van der Waals surface area contributed by atoms with E-state index in [1.54, 1.807) is 13.8 Å². The molecule has 0 bridgehead atoms. The number of rotatable bonds is 6. The predicted molar refractivity (Wildman–Crippen MR) is 64.7 cm³/mol. The zero-order chi connectivity index (χ0) is 13.6. The molecule has 0 spiro atoms. The van der Waals surface area contributed by atoms with Gasteiger partial charge in [0.25, 0.3) is 0 Å². The lowest BCUT2D eigenvalue weighted by molar-refractivity contribution is -0.141. The Morgan fingerprint density at radius 2 is 1.76 bits per heavy atom. The molecular formula is C12H23NO4. The highest BCUT2D eigenvalue weighted by atomic mass is 16.5. The molecule has 0 aromatic rings. The molecule has 2 N–H and O–H groups in total. The van der Waals surface area contributed by atoms with Crippen molar-refractivity contribution in [1.82, 2.24) is 5.32 Å². The van der Waals surface area contributed by atoms with Crippen LogP contribution in [0.15, 0.2) is 0 Å². The Kier molecular flexibility index (Phi) is 6.16. The first-order valence-corrected chi connectivity index (χ1v) is 5.78. The number of carboxylic acid groups (broad SMARTS) is 1. The summed E-state index contributed by atoms with van der Waals surface area (Å²) in [5, 5.41) is 11.3. The monoisotopic (exact) mass is 245 g/mol. The molecule has 0 rings (SSSR count). The van der Waals surface area contributed by atoms with Gasteiger partial charge in [-0.05, 0) is 20.8 Å². The van der Waals surface area contributed by atoms with Crippen LogP contribution in [0.2, 0.25) is 0 Å². The quantitative estimate of drug-likeness (QED) is 0.739. The topological polar surface area (TPSA) is 75.6 Å². The van der Waals surface area contributed by atoms with Crippen molar-refractivity contribution in [2.75, 3.05) is 13.2 Å². The van der Waals surface area contributed by atoms with Crippen molar-refractivity contribution in [3.63, 3.8) is 0 Å². The van der Waals surface area contributed by atoms with E-state index >= 15 is 0 Å². The van der Waals surface area contributed by atoms with Gasteiger partial charge in [0.2, 0.25) is 5.91 Å². The first kappa shape index (κ1) is 15.9. The van der Waals surface area contributed by atoms with E-state index in [2.05, 4.69) is 5.32 Å². The fourth-order valence-electron chi connectivity index (χ4n) is 0.966. The van der Waals surface area contributed by atoms with Gasteiger partial charge in [0.05, 0.1) is 24.0 Å². The number of hydrogen-bond acceptors (Lipinski definition) is 3. The standard InChI is InChI=1S/C12H23NO4/c1-8(11(15)16)6-13-10(14)9(2)7-17-12(3,4)5/h8-9H,6-7H2,1-5H3,(H,13,14)(H,15,16)/t8-,9-/m0/s1.